The number of methoxy groups -OCH3 is 1. The molecule has 0 aliphatic heterocycles. The van der Waals surface area contributed by atoms with Crippen LogP contribution in [0.4, 0.5) is 5.69 Å². The molecule has 3 nitrogen and oxygen atoms in total. The van der Waals surface area contributed by atoms with E-state index in [2.05, 4.69) is 12.2 Å². The molecule has 1 atom stereocenters. The van der Waals surface area contributed by atoms with Gasteiger partial charge in [-0.15, -0.1) is 0 Å². The number of hydrogen-bond donors (Lipinski definition) is 2. The van der Waals surface area contributed by atoms with Crippen LogP contribution in [0.3, 0.4) is 0 Å². The molecule has 0 heterocycles. The summed E-state index contributed by atoms with van der Waals surface area (Å²) in [5.74, 6) is 1.25. The van der Waals surface area contributed by atoms with Crippen molar-refractivity contribution in [3.05, 3.63) is 23.2 Å². The predicted molar refractivity (Wildman–Crippen MR) is 69.3 cm³/mol. The number of rotatable bonds is 6. The summed E-state index contributed by atoms with van der Waals surface area (Å²) in [6, 6.07) is 5.61. The fraction of sp³-hybridized carbons (Fsp3) is 0.500. The first-order valence-electron chi connectivity index (χ1n) is 5.48. The lowest BCUT2D eigenvalue weighted by Gasteiger charge is -2.15. The van der Waals surface area contributed by atoms with E-state index in [0.29, 0.717) is 17.5 Å². The second-order valence-corrected chi connectivity index (χ2v) is 4.14. The van der Waals surface area contributed by atoms with Crippen molar-refractivity contribution in [1.29, 1.82) is 0 Å². The molecular formula is C12H19ClN2O. The topological polar surface area (TPSA) is 47.3 Å². The smallest absolute Gasteiger partial charge is 0.120 e. The third-order valence-electron chi connectivity index (χ3n) is 2.67. The van der Waals surface area contributed by atoms with Gasteiger partial charge in [0.15, 0.2) is 0 Å². The Balaban J connectivity index is 2.60. The number of anilines is 1. The van der Waals surface area contributed by atoms with Gasteiger partial charge >= 0.3 is 0 Å². The second-order valence-electron chi connectivity index (χ2n) is 3.74. The van der Waals surface area contributed by atoms with E-state index in [0.717, 1.165) is 24.4 Å². The van der Waals surface area contributed by atoms with Gasteiger partial charge in [0.05, 0.1) is 17.8 Å². The number of nitrogens with one attached hydrogen (secondary N) is 1. The van der Waals surface area contributed by atoms with Crippen LogP contribution in [0.1, 0.15) is 13.3 Å². The summed E-state index contributed by atoms with van der Waals surface area (Å²) in [5.41, 5.74) is 6.56. The zero-order valence-corrected chi connectivity index (χ0v) is 10.6. The van der Waals surface area contributed by atoms with Gasteiger partial charge in [0.2, 0.25) is 0 Å². The second kappa shape index (κ2) is 6.61. The van der Waals surface area contributed by atoms with Crippen molar-refractivity contribution in [2.24, 2.45) is 11.7 Å². The minimum absolute atomic E-state index is 0.484. The van der Waals surface area contributed by atoms with Crippen LogP contribution in [0, 0.1) is 5.92 Å². The van der Waals surface area contributed by atoms with Crippen LogP contribution in [0.5, 0.6) is 5.75 Å². The van der Waals surface area contributed by atoms with Gasteiger partial charge in [0.1, 0.15) is 5.75 Å². The highest BCUT2D eigenvalue weighted by Gasteiger charge is 2.06. The van der Waals surface area contributed by atoms with Crippen LogP contribution >= 0.6 is 11.6 Å². The van der Waals surface area contributed by atoms with Crippen molar-refractivity contribution in [3.63, 3.8) is 0 Å². The molecule has 1 unspecified atom stereocenters. The molecule has 0 bridgehead atoms. The molecule has 0 aliphatic carbocycles. The van der Waals surface area contributed by atoms with Crippen molar-refractivity contribution in [2.75, 3.05) is 25.5 Å². The Bertz CT molecular complexity index is 327. The summed E-state index contributed by atoms with van der Waals surface area (Å²) >= 11 is 6.10. The van der Waals surface area contributed by atoms with Gasteiger partial charge in [-0.05, 0) is 24.6 Å². The van der Waals surface area contributed by atoms with Gasteiger partial charge in [0.25, 0.3) is 0 Å². The Hall–Kier alpha value is -0.930. The normalized spacial score (nSPS) is 12.2. The molecule has 90 valence electrons. The average Bonchev–Trinajstić information content (AvgIpc) is 2.32. The fourth-order valence-electron chi connectivity index (χ4n) is 1.41. The van der Waals surface area contributed by atoms with Crippen LogP contribution < -0.4 is 15.8 Å². The Morgan fingerprint density at radius 1 is 1.50 bits per heavy atom. The number of halogens is 1. The first-order chi connectivity index (χ1) is 7.71. The molecule has 0 fully saturated rings. The molecule has 1 aromatic carbocycles. The lowest BCUT2D eigenvalue weighted by molar-refractivity contribution is 0.415. The zero-order chi connectivity index (χ0) is 12.0. The number of hydrogen-bond acceptors (Lipinski definition) is 3. The first-order valence-corrected chi connectivity index (χ1v) is 5.86. The average molecular weight is 243 g/mol. The monoisotopic (exact) mass is 242 g/mol. The van der Waals surface area contributed by atoms with E-state index in [4.69, 9.17) is 22.1 Å². The van der Waals surface area contributed by atoms with Gasteiger partial charge in [-0.1, -0.05) is 24.9 Å². The summed E-state index contributed by atoms with van der Waals surface area (Å²) < 4.78 is 5.09. The van der Waals surface area contributed by atoms with Crippen LogP contribution in [0.15, 0.2) is 18.2 Å². The van der Waals surface area contributed by atoms with Crippen LogP contribution in [-0.2, 0) is 0 Å². The summed E-state index contributed by atoms with van der Waals surface area (Å²) in [5, 5.41) is 3.97. The molecule has 0 aromatic heterocycles. The highest BCUT2D eigenvalue weighted by Crippen LogP contribution is 2.26. The largest absolute Gasteiger partial charge is 0.497 e. The molecule has 0 aliphatic rings. The molecule has 1 aromatic rings. The molecular weight excluding hydrogens is 224 g/mol. The summed E-state index contributed by atoms with van der Waals surface area (Å²) in [6.07, 6.45) is 1.07. The summed E-state index contributed by atoms with van der Waals surface area (Å²) in [6.45, 7) is 3.67. The van der Waals surface area contributed by atoms with E-state index in [1.165, 1.54) is 0 Å². The van der Waals surface area contributed by atoms with Crippen molar-refractivity contribution < 1.29 is 4.74 Å². The lowest BCUT2D eigenvalue weighted by atomic mass is 10.1. The molecule has 3 N–H and O–H groups in total. The maximum atomic E-state index is 6.10. The zero-order valence-electron chi connectivity index (χ0n) is 9.79. The SMILES string of the molecule is CCC(CN)CNc1ccc(OC)cc1Cl. The summed E-state index contributed by atoms with van der Waals surface area (Å²) in [7, 11) is 1.63. The van der Waals surface area contributed by atoms with E-state index in [-0.39, 0.29) is 0 Å². The Labute approximate surface area is 102 Å². The Morgan fingerprint density at radius 2 is 2.25 bits per heavy atom. The Kier molecular flexibility index (Phi) is 5.43. The molecule has 0 amide bonds. The van der Waals surface area contributed by atoms with Gasteiger partial charge in [-0.2, -0.15) is 0 Å². The van der Waals surface area contributed by atoms with E-state index < -0.39 is 0 Å². The van der Waals surface area contributed by atoms with Crippen molar-refractivity contribution in [2.45, 2.75) is 13.3 Å². The van der Waals surface area contributed by atoms with Crippen LogP contribution in [0.2, 0.25) is 5.02 Å². The maximum absolute atomic E-state index is 6.10. The van der Waals surface area contributed by atoms with Gasteiger partial charge in [-0.3, -0.25) is 0 Å². The van der Waals surface area contributed by atoms with E-state index >= 15 is 0 Å². The van der Waals surface area contributed by atoms with Crippen molar-refractivity contribution in [3.8, 4) is 5.75 Å². The van der Waals surface area contributed by atoms with E-state index in [9.17, 15) is 0 Å². The molecule has 0 saturated carbocycles. The minimum atomic E-state index is 0.484. The molecule has 4 heteroatoms. The molecule has 1 rings (SSSR count). The van der Waals surface area contributed by atoms with E-state index in [1.54, 1.807) is 13.2 Å². The van der Waals surface area contributed by atoms with Crippen molar-refractivity contribution >= 4 is 17.3 Å². The van der Waals surface area contributed by atoms with Gasteiger partial charge in [0, 0.05) is 12.6 Å². The fourth-order valence-corrected chi connectivity index (χ4v) is 1.65. The minimum Gasteiger partial charge on any atom is -0.497 e. The first kappa shape index (κ1) is 13.1. The maximum Gasteiger partial charge on any atom is 0.120 e. The van der Waals surface area contributed by atoms with E-state index in [1.807, 2.05) is 12.1 Å². The third-order valence-corrected chi connectivity index (χ3v) is 2.98. The molecule has 0 radical (unpaired) electrons. The molecule has 0 saturated heterocycles. The van der Waals surface area contributed by atoms with Crippen LogP contribution in [-0.4, -0.2) is 20.2 Å². The van der Waals surface area contributed by atoms with Gasteiger partial charge in [-0.25, -0.2) is 0 Å². The summed E-state index contributed by atoms with van der Waals surface area (Å²) in [4.78, 5) is 0. The van der Waals surface area contributed by atoms with Crippen molar-refractivity contribution in [1.82, 2.24) is 0 Å². The number of nitrogens with two attached hydrogens (primary N) is 1. The van der Waals surface area contributed by atoms with Crippen LogP contribution in [0.25, 0.3) is 0 Å². The standard InChI is InChI=1S/C12H19ClN2O/c1-3-9(7-14)8-15-12-5-4-10(16-2)6-11(12)13/h4-6,9,15H,3,7-8,14H2,1-2H3. The molecule has 0 spiro atoms. The third kappa shape index (κ3) is 3.58. The predicted octanol–water partition coefficient (Wildman–Crippen LogP) is 2.75. The number of benzene rings is 1. The Morgan fingerprint density at radius 3 is 2.75 bits per heavy atom. The highest BCUT2D eigenvalue weighted by atomic mass is 35.5. The van der Waals surface area contributed by atoms with Gasteiger partial charge < -0.3 is 15.8 Å². The number of ether oxygens (including phenoxy) is 1. The lowest BCUT2D eigenvalue weighted by Crippen LogP contribution is -2.22. The highest BCUT2D eigenvalue weighted by molar-refractivity contribution is 6.33. The quantitative estimate of drug-likeness (QED) is 0.807. The molecule has 16 heavy (non-hydrogen) atoms.